The Bertz CT molecular complexity index is 823. The summed E-state index contributed by atoms with van der Waals surface area (Å²) in [5.74, 6) is -0.000562. The number of hydrogen-bond acceptors (Lipinski definition) is 4. The van der Waals surface area contributed by atoms with Crippen molar-refractivity contribution >= 4 is 23.2 Å². The van der Waals surface area contributed by atoms with Gasteiger partial charge in [0.15, 0.2) is 0 Å². The number of carbonyl (C=O) groups is 1. The molecule has 1 N–H and O–H groups in total. The fourth-order valence-corrected chi connectivity index (χ4v) is 2.13. The van der Waals surface area contributed by atoms with E-state index in [0.717, 1.165) is 5.56 Å². The average Bonchev–Trinajstić information content (AvgIpc) is 2.63. The number of amides is 1. The third-order valence-corrected chi connectivity index (χ3v) is 3.46. The Kier molecular flexibility index (Phi) is 5.03. The van der Waals surface area contributed by atoms with Gasteiger partial charge in [0.2, 0.25) is 5.88 Å². The van der Waals surface area contributed by atoms with Crippen molar-refractivity contribution in [3.8, 4) is 5.88 Å². The summed E-state index contributed by atoms with van der Waals surface area (Å²) in [4.78, 5) is 20.2. The molecular weight excluding hydrogens is 326 g/mol. The van der Waals surface area contributed by atoms with Gasteiger partial charge in [-0.3, -0.25) is 4.79 Å². The molecule has 0 aliphatic rings. The van der Waals surface area contributed by atoms with Gasteiger partial charge in [-0.25, -0.2) is 9.97 Å². The van der Waals surface area contributed by atoms with E-state index in [9.17, 15) is 4.79 Å². The van der Waals surface area contributed by atoms with Gasteiger partial charge in [0.25, 0.3) is 5.91 Å². The third kappa shape index (κ3) is 4.30. The fourth-order valence-electron chi connectivity index (χ4n) is 2.00. The van der Waals surface area contributed by atoms with Crippen LogP contribution in [0.3, 0.4) is 0 Å². The number of carbonyl (C=O) groups excluding carboxylic acids is 1. The minimum Gasteiger partial charge on any atom is -0.473 e. The molecule has 1 aromatic heterocycles. The van der Waals surface area contributed by atoms with Gasteiger partial charge >= 0.3 is 0 Å². The van der Waals surface area contributed by atoms with Gasteiger partial charge in [0.05, 0.1) is 0 Å². The second-order valence-corrected chi connectivity index (χ2v) is 5.41. The predicted octanol–water partition coefficient (Wildman–Crippen LogP) is 3.96. The number of aromatic nitrogens is 2. The van der Waals surface area contributed by atoms with Crippen molar-refractivity contribution in [2.75, 3.05) is 5.32 Å². The Balaban J connectivity index is 1.65. The van der Waals surface area contributed by atoms with Crippen LogP contribution >= 0.6 is 11.6 Å². The second kappa shape index (κ2) is 7.57. The molecule has 0 bridgehead atoms. The quantitative estimate of drug-likeness (QED) is 0.764. The van der Waals surface area contributed by atoms with Gasteiger partial charge in [0, 0.05) is 16.8 Å². The van der Waals surface area contributed by atoms with Crippen LogP contribution in [0.15, 0.2) is 67.0 Å². The molecule has 6 heteroatoms. The Morgan fingerprint density at radius 1 is 1.04 bits per heavy atom. The summed E-state index contributed by atoms with van der Waals surface area (Å²) in [7, 11) is 0. The molecule has 1 heterocycles. The maximum absolute atomic E-state index is 12.2. The normalized spacial score (nSPS) is 10.2. The molecule has 120 valence electrons. The van der Waals surface area contributed by atoms with E-state index in [1.54, 1.807) is 24.3 Å². The average molecular weight is 340 g/mol. The Morgan fingerprint density at radius 2 is 1.79 bits per heavy atom. The minimum absolute atomic E-state index is 0.225. The zero-order valence-corrected chi connectivity index (χ0v) is 13.4. The molecule has 0 saturated carbocycles. The third-order valence-electron chi connectivity index (χ3n) is 3.21. The molecule has 1 amide bonds. The number of ether oxygens (including phenoxy) is 1. The molecule has 0 atom stereocenters. The van der Waals surface area contributed by atoms with E-state index in [1.165, 1.54) is 12.4 Å². The highest BCUT2D eigenvalue weighted by Gasteiger charge is 2.10. The Labute approximate surface area is 144 Å². The zero-order valence-electron chi connectivity index (χ0n) is 12.6. The Hall–Kier alpha value is -2.92. The van der Waals surface area contributed by atoms with Crippen LogP contribution in [0.1, 0.15) is 16.1 Å². The largest absolute Gasteiger partial charge is 0.473 e. The summed E-state index contributed by atoms with van der Waals surface area (Å²) in [5.41, 5.74) is 1.88. The van der Waals surface area contributed by atoms with Crippen molar-refractivity contribution in [2.45, 2.75) is 6.61 Å². The summed E-state index contributed by atoms with van der Waals surface area (Å²) in [6.07, 6.45) is 1.30. The molecule has 24 heavy (non-hydrogen) atoms. The first-order valence-corrected chi connectivity index (χ1v) is 7.64. The highest BCUT2D eigenvalue weighted by molar-refractivity contribution is 6.30. The fraction of sp³-hybridized carbons (Fsp3) is 0.0556. The molecule has 0 aliphatic heterocycles. The lowest BCUT2D eigenvalue weighted by Gasteiger charge is -2.07. The van der Waals surface area contributed by atoms with Crippen LogP contribution in [0.5, 0.6) is 5.88 Å². The van der Waals surface area contributed by atoms with Crippen molar-refractivity contribution in [1.82, 2.24) is 9.97 Å². The monoisotopic (exact) mass is 339 g/mol. The highest BCUT2D eigenvalue weighted by Crippen LogP contribution is 2.15. The summed E-state index contributed by atoms with van der Waals surface area (Å²) < 4.78 is 5.60. The summed E-state index contributed by atoms with van der Waals surface area (Å²) in [5, 5.41) is 3.35. The van der Waals surface area contributed by atoms with Gasteiger partial charge in [0.1, 0.15) is 18.6 Å². The highest BCUT2D eigenvalue weighted by atomic mass is 35.5. The topological polar surface area (TPSA) is 64.1 Å². The summed E-state index contributed by atoms with van der Waals surface area (Å²) in [6.45, 7) is 0.371. The molecule has 0 aliphatic carbocycles. The lowest BCUT2D eigenvalue weighted by atomic mass is 10.2. The van der Waals surface area contributed by atoms with Gasteiger partial charge in [-0.15, -0.1) is 0 Å². The van der Waals surface area contributed by atoms with Crippen LogP contribution in [-0.4, -0.2) is 15.9 Å². The number of benzene rings is 2. The van der Waals surface area contributed by atoms with Crippen molar-refractivity contribution in [1.29, 1.82) is 0 Å². The van der Waals surface area contributed by atoms with E-state index in [4.69, 9.17) is 16.3 Å². The minimum atomic E-state index is -0.343. The van der Waals surface area contributed by atoms with Gasteiger partial charge in [-0.05, 0) is 29.8 Å². The smallest absolute Gasteiger partial charge is 0.274 e. The van der Waals surface area contributed by atoms with Gasteiger partial charge in [-0.1, -0.05) is 41.9 Å². The number of hydrogen-bond donors (Lipinski definition) is 1. The SMILES string of the molecule is O=C(Nc1ccc(Cl)cc1)c1cc(OCc2ccccc2)ncn1. The van der Waals surface area contributed by atoms with Crippen LogP contribution in [0.2, 0.25) is 5.02 Å². The number of nitrogens with one attached hydrogen (secondary N) is 1. The predicted molar refractivity (Wildman–Crippen MR) is 92.2 cm³/mol. The van der Waals surface area contributed by atoms with E-state index in [1.807, 2.05) is 30.3 Å². The van der Waals surface area contributed by atoms with Crippen molar-refractivity contribution in [2.24, 2.45) is 0 Å². The van der Waals surface area contributed by atoms with Crippen LogP contribution in [0, 0.1) is 0 Å². The molecule has 0 fully saturated rings. The Morgan fingerprint density at radius 3 is 2.54 bits per heavy atom. The first-order chi connectivity index (χ1) is 11.7. The molecule has 3 aromatic rings. The first kappa shape index (κ1) is 16.0. The molecule has 0 saturated heterocycles. The van der Waals surface area contributed by atoms with E-state index >= 15 is 0 Å². The van der Waals surface area contributed by atoms with Gasteiger partial charge < -0.3 is 10.1 Å². The number of anilines is 1. The second-order valence-electron chi connectivity index (χ2n) is 4.98. The molecule has 2 aromatic carbocycles. The number of rotatable bonds is 5. The molecule has 0 spiro atoms. The maximum atomic E-state index is 12.2. The molecular formula is C18H14ClN3O2. The lowest BCUT2D eigenvalue weighted by Crippen LogP contribution is -2.14. The van der Waals surface area contributed by atoms with Crippen LogP contribution in [0.25, 0.3) is 0 Å². The summed E-state index contributed by atoms with van der Waals surface area (Å²) >= 11 is 5.82. The molecule has 3 rings (SSSR count). The van der Waals surface area contributed by atoms with E-state index < -0.39 is 0 Å². The molecule has 0 unspecified atom stereocenters. The molecule has 0 radical (unpaired) electrons. The van der Waals surface area contributed by atoms with E-state index in [0.29, 0.717) is 23.2 Å². The number of nitrogens with zero attached hydrogens (tertiary/aromatic N) is 2. The van der Waals surface area contributed by atoms with E-state index in [2.05, 4.69) is 15.3 Å². The zero-order chi connectivity index (χ0) is 16.8. The maximum Gasteiger partial charge on any atom is 0.274 e. The lowest BCUT2D eigenvalue weighted by molar-refractivity contribution is 0.102. The van der Waals surface area contributed by atoms with Crippen molar-refractivity contribution < 1.29 is 9.53 Å². The van der Waals surface area contributed by atoms with Crippen LogP contribution in [0.4, 0.5) is 5.69 Å². The standard InChI is InChI=1S/C18H14ClN3O2/c19-14-6-8-15(9-7-14)22-18(23)16-10-17(21-12-20-16)24-11-13-4-2-1-3-5-13/h1-10,12H,11H2,(H,22,23). The van der Waals surface area contributed by atoms with Crippen molar-refractivity contribution in [3.05, 3.63) is 83.3 Å². The molecule has 5 nitrogen and oxygen atoms in total. The van der Waals surface area contributed by atoms with Crippen LogP contribution < -0.4 is 10.1 Å². The van der Waals surface area contributed by atoms with Crippen molar-refractivity contribution in [3.63, 3.8) is 0 Å². The van der Waals surface area contributed by atoms with E-state index in [-0.39, 0.29) is 11.6 Å². The summed E-state index contributed by atoms with van der Waals surface area (Å²) in [6, 6.07) is 18.1. The first-order valence-electron chi connectivity index (χ1n) is 7.26. The number of halogens is 1. The van der Waals surface area contributed by atoms with Gasteiger partial charge in [-0.2, -0.15) is 0 Å². The van der Waals surface area contributed by atoms with Crippen LogP contribution in [-0.2, 0) is 6.61 Å².